The Hall–Kier alpha value is -1.06. The summed E-state index contributed by atoms with van der Waals surface area (Å²) in [5.41, 5.74) is 0.0993. The van der Waals surface area contributed by atoms with E-state index >= 15 is 0 Å². The molecule has 0 bridgehead atoms. The standard InChI is InChI=1S/C15H22O3/c1-18-13-7-5-6-12(10-13)11-14(16)15(17)8-3-2-4-9-15/h5-7,10,14,16-17H,2-4,8-9,11H2,1H3. The second-order valence-corrected chi connectivity index (χ2v) is 5.24. The SMILES string of the molecule is COc1cccc(CC(O)C2(O)CCCCC2)c1. The Morgan fingerprint density at radius 3 is 2.67 bits per heavy atom. The molecule has 1 atom stereocenters. The molecule has 0 spiro atoms. The van der Waals surface area contributed by atoms with Crippen LogP contribution in [0.2, 0.25) is 0 Å². The molecule has 0 aliphatic heterocycles. The number of rotatable bonds is 4. The molecule has 1 fully saturated rings. The molecule has 1 aliphatic carbocycles. The Morgan fingerprint density at radius 1 is 1.28 bits per heavy atom. The summed E-state index contributed by atoms with van der Waals surface area (Å²) in [6, 6.07) is 7.66. The van der Waals surface area contributed by atoms with Crippen molar-refractivity contribution in [2.24, 2.45) is 0 Å². The Balaban J connectivity index is 2.03. The summed E-state index contributed by atoms with van der Waals surface area (Å²) in [5, 5.41) is 20.7. The van der Waals surface area contributed by atoms with E-state index in [2.05, 4.69) is 0 Å². The third-order valence-electron chi connectivity index (χ3n) is 3.90. The van der Waals surface area contributed by atoms with Crippen molar-refractivity contribution in [2.75, 3.05) is 7.11 Å². The first kappa shape index (κ1) is 13.4. The van der Waals surface area contributed by atoms with E-state index in [0.717, 1.165) is 30.6 Å². The fourth-order valence-electron chi connectivity index (χ4n) is 2.71. The van der Waals surface area contributed by atoms with Gasteiger partial charge >= 0.3 is 0 Å². The van der Waals surface area contributed by atoms with Crippen molar-refractivity contribution in [1.29, 1.82) is 0 Å². The van der Waals surface area contributed by atoms with Gasteiger partial charge in [-0.1, -0.05) is 31.4 Å². The number of aliphatic hydroxyl groups excluding tert-OH is 1. The summed E-state index contributed by atoms with van der Waals surface area (Å²) in [5.74, 6) is 0.787. The molecule has 1 unspecified atom stereocenters. The number of aliphatic hydroxyl groups is 2. The zero-order valence-electron chi connectivity index (χ0n) is 10.9. The van der Waals surface area contributed by atoms with E-state index in [1.54, 1.807) is 7.11 Å². The fraction of sp³-hybridized carbons (Fsp3) is 0.600. The molecule has 3 nitrogen and oxygen atoms in total. The highest BCUT2D eigenvalue weighted by atomic mass is 16.5. The van der Waals surface area contributed by atoms with E-state index in [-0.39, 0.29) is 0 Å². The van der Waals surface area contributed by atoms with Gasteiger partial charge in [0.05, 0.1) is 18.8 Å². The summed E-state index contributed by atoms with van der Waals surface area (Å²) in [7, 11) is 1.63. The molecule has 0 radical (unpaired) electrons. The zero-order valence-corrected chi connectivity index (χ0v) is 10.9. The molecule has 0 amide bonds. The molecular weight excluding hydrogens is 228 g/mol. The van der Waals surface area contributed by atoms with E-state index in [4.69, 9.17) is 4.74 Å². The maximum atomic E-state index is 10.4. The van der Waals surface area contributed by atoms with Gasteiger partial charge < -0.3 is 14.9 Å². The number of hydrogen-bond donors (Lipinski definition) is 2. The molecular formula is C15H22O3. The lowest BCUT2D eigenvalue weighted by atomic mass is 9.79. The van der Waals surface area contributed by atoms with Gasteiger partial charge in [-0.05, 0) is 30.5 Å². The molecule has 2 N–H and O–H groups in total. The third kappa shape index (κ3) is 3.03. The average Bonchev–Trinajstić information content (AvgIpc) is 2.40. The van der Waals surface area contributed by atoms with E-state index in [0.29, 0.717) is 19.3 Å². The van der Waals surface area contributed by atoms with Crippen molar-refractivity contribution in [3.05, 3.63) is 29.8 Å². The first-order chi connectivity index (χ1) is 8.64. The van der Waals surface area contributed by atoms with Gasteiger partial charge in [0.25, 0.3) is 0 Å². The number of methoxy groups -OCH3 is 1. The smallest absolute Gasteiger partial charge is 0.119 e. The third-order valence-corrected chi connectivity index (χ3v) is 3.90. The summed E-state index contributed by atoms with van der Waals surface area (Å²) in [6.45, 7) is 0. The maximum Gasteiger partial charge on any atom is 0.119 e. The van der Waals surface area contributed by atoms with Crippen LogP contribution < -0.4 is 4.74 Å². The van der Waals surface area contributed by atoms with Crippen LogP contribution in [-0.2, 0) is 6.42 Å². The van der Waals surface area contributed by atoms with Gasteiger partial charge in [-0.2, -0.15) is 0 Å². The predicted molar refractivity (Wildman–Crippen MR) is 70.7 cm³/mol. The Labute approximate surface area is 108 Å². The van der Waals surface area contributed by atoms with Crippen molar-refractivity contribution < 1.29 is 14.9 Å². The van der Waals surface area contributed by atoms with E-state index in [1.807, 2.05) is 24.3 Å². The first-order valence-corrected chi connectivity index (χ1v) is 6.67. The normalized spacial score (nSPS) is 20.4. The van der Waals surface area contributed by atoms with Crippen LogP contribution >= 0.6 is 0 Å². The molecule has 2 rings (SSSR count). The molecule has 1 saturated carbocycles. The Bertz CT molecular complexity index is 383. The van der Waals surface area contributed by atoms with Crippen molar-refractivity contribution in [3.8, 4) is 5.75 Å². The average molecular weight is 250 g/mol. The number of benzene rings is 1. The van der Waals surface area contributed by atoms with E-state index in [1.165, 1.54) is 0 Å². The highest BCUT2D eigenvalue weighted by Gasteiger charge is 2.36. The molecule has 0 saturated heterocycles. The minimum atomic E-state index is -0.901. The van der Waals surface area contributed by atoms with Gasteiger partial charge in [-0.15, -0.1) is 0 Å². The van der Waals surface area contributed by atoms with Crippen LogP contribution in [0.25, 0.3) is 0 Å². The van der Waals surface area contributed by atoms with Crippen LogP contribution in [-0.4, -0.2) is 29.0 Å². The molecule has 3 heteroatoms. The lowest BCUT2D eigenvalue weighted by Gasteiger charge is -2.36. The summed E-state index contributed by atoms with van der Waals surface area (Å²) >= 11 is 0. The van der Waals surface area contributed by atoms with Crippen LogP contribution in [0.5, 0.6) is 5.75 Å². The zero-order chi connectivity index (χ0) is 13.0. The minimum absolute atomic E-state index is 0.480. The fourth-order valence-corrected chi connectivity index (χ4v) is 2.71. The highest BCUT2D eigenvalue weighted by molar-refractivity contribution is 5.29. The van der Waals surface area contributed by atoms with Crippen molar-refractivity contribution in [1.82, 2.24) is 0 Å². The van der Waals surface area contributed by atoms with Crippen molar-refractivity contribution >= 4 is 0 Å². The molecule has 100 valence electrons. The lowest BCUT2D eigenvalue weighted by molar-refractivity contribution is -0.0960. The number of hydrogen-bond acceptors (Lipinski definition) is 3. The lowest BCUT2D eigenvalue weighted by Crippen LogP contribution is -2.45. The van der Waals surface area contributed by atoms with Gasteiger partial charge in [0, 0.05) is 6.42 Å². The molecule has 1 aromatic rings. The maximum absolute atomic E-state index is 10.4. The molecule has 0 aromatic heterocycles. The van der Waals surface area contributed by atoms with E-state index < -0.39 is 11.7 Å². The monoisotopic (exact) mass is 250 g/mol. The van der Waals surface area contributed by atoms with Crippen LogP contribution in [0.4, 0.5) is 0 Å². The number of ether oxygens (including phenoxy) is 1. The van der Waals surface area contributed by atoms with Crippen molar-refractivity contribution in [2.45, 2.75) is 50.2 Å². The van der Waals surface area contributed by atoms with Gasteiger partial charge in [0.1, 0.15) is 5.75 Å². The Kier molecular flexibility index (Phi) is 4.25. The van der Waals surface area contributed by atoms with Crippen LogP contribution in [0.1, 0.15) is 37.7 Å². The molecule has 0 heterocycles. The highest BCUT2D eigenvalue weighted by Crippen LogP contribution is 2.32. The summed E-state index contributed by atoms with van der Waals surface area (Å²) in [4.78, 5) is 0. The van der Waals surface area contributed by atoms with Crippen LogP contribution in [0.15, 0.2) is 24.3 Å². The Morgan fingerprint density at radius 2 is 2.00 bits per heavy atom. The van der Waals surface area contributed by atoms with Gasteiger partial charge in [0.15, 0.2) is 0 Å². The van der Waals surface area contributed by atoms with E-state index in [9.17, 15) is 10.2 Å². The van der Waals surface area contributed by atoms with Crippen molar-refractivity contribution in [3.63, 3.8) is 0 Å². The van der Waals surface area contributed by atoms with Gasteiger partial charge in [-0.3, -0.25) is 0 Å². The van der Waals surface area contributed by atoms with Crippen LogP contribution in [0.3, 0.4) is 0 Å². The second-order valence-electron chi connectivity index (χ2n) is 5.24. The summed E-state index contributed by atoms with van der Waals surface area (Å²) in [6.07, 6.45) is 4.38. The van der Waals surface area contributed by atoms with Gasteiger partial charge in [-0.25, -0.2) is 0 Å². The quantitative estimate of drug-likeness (QED) is 0.862. The van der Waals surface area contributed by atoms with Gasteiger partial charge in [0.2, 0.25) is 0 Å². The minimum Gasteiger partial charge on any atom is -0.497 e. The molecule has 1 aromatic carbocycles. The first-order valence-electron chi connectivity index (χ1n) is 6.67. The topological polar surface area (TPSA) is 49.7 Å². The largest absolute Gasteiger partial charge is 0.497 e. The van der Waals surface area contributed by atoms with Crippen LogP contribution in [0, 0.1) is 0 Å². The molecule has 18 heavy (non-hydrogen) atoms. The predicted octanol–water partition coefficient (Wildman–Crippen LogP) is 2.29. The molecule has 1 aliphatic rings. The second kappa shape index (κ2) is 5.72. The summed E-state index contributed by atoms with van der Waals surface area (Å²) < 4.78 is 5.16.